The molecule has 0 saturated carbocycles. The SMILES string of the molecule is CC(=S)N/C(=N\CS(=O)(=O)c1ccc(C)cc1)c1ccccc1. The second-order valence-electron chi connectivity index (χ2n) is 5.11. The van der Waals surface area contributed by atoms with Crippen LogP contribution in [0, 0.1) is 6.92 Å². The van der Waals surface area contributed by atoms with E-state index in [0.29, 0.717) is 10.8 Å². The molecule has 0 saturated heterocycles. The fraction of sp³-hybridized carbons (Fsp3) is 0.176. The highest BCUT2D eigenvalue weighted by molar-refractivity contribution is 7.91. The molecule has 0 aliphatic heterocycles. The van der Waals surface area contributed by atoms with Crippen LogP contribution in [0.25, 0.3) is 0 Å². The van der Waals surface area contributed by atoms with Gasteiger partial charge in [-0.05, 0) is 26.0 Å². The second kappa shape index (κ2) is 7.48. The maximum absolute atomic E-state index is 12.4. The monoisotopic (exact) mass is 346 g/mol. The largest absolute Gasteiger partial charge is 0.335 e. The average molecular weight is 346 g/mol. The smallest absolute Gasteiger partial charge is 0.198 e. The summed E-state index contributed by atoms with van der Waals surface area (Å²) >= 11 is 5.05. The number of rotatable bonds is 4. The minimum Gasteiger partial charge on any atom is -0.335 e. The molecule has 0 aliphatic rings. The maximum atomic E-state index is 12.4. The number of benzene rings is 2. The molecular weight excluding hydrogens is 328 g/mol. The molecule has 0 fully saturated rings. The molecule has 0 spiro atoms. The molecule has 23 heavy (non-hydrogen) atoms. The molecule has 1 N–H and O–H groups in total. The number of nitrogens with one attached hydrogen (secondary N) is 1. The molecule has 0 unspecified atom stereocenters. The van der Waals surface area contributed by atoms with Gasteiger partial charge >= 0.3 is 0 Å². The number of aryl methyl sites for hydroxylation is 1. The van der Waals surface area contributed by atoms with Crippen LogP contribution in [0.3, 0.4) is 0 Å². The fourth-order valence-corrected chi connectivity index (χ4v) is 3.03. The first-order valence-corrected chi connectivity index (χ1v) is 9.11. The molecule has 6 heteroatoms. The van der Waals surface area contributed by atoms with Crippen molar-refractivity contribution in [1.29, 1.82) is 0 Å². The van der Waals surface area contributed by atoms with Crippen molar-refractivity contribution < 1.29 is 8.42 Å². The minimum atomic E-state index is -3.49. The van der Waals surface area contributed by atoms with Crippen molar-refractivity contribution in [1.82, 2.24) is 5.32 Å². The van der Waals surface area contributed by atoms with Crippen LogP contribution in [0.5, 0.6) is 0 Å². The summed E-state index contributed by atoms with van der Waals surface area (Å²) in [6.45, 7) is 3.64. The van der Waals surface area contributed by atoms with E-state index in [1.54, 1.807) is 31.2 Å². The van der Waals surface area contributed by atoms with Gasteiger partial charge in [-0.3, -0.25) is 4.99 Å². The second-order valence-corrected chi connectivity index (χ2v) is 7.68. The molecule has 0 aliphatic carbocycles. The molecular formula is C17H18N2O2S2. The number of nitrogens with zero attached hydrogens (tertiary/aromatic N) is 1. The standard InChI is InChI=1S/C17H18N2O2S2/c1-13-8-10-16(11-9-13)23(20,21)12-18-17(19-14(2)22)15-6-4-3-5-7-15/h3-11H,12H2,1-2H3,(H,18,19,22). The molecule has 0 bridgehead atoms. The summed E-state index contributed by atoms with van der Waals surface area (Å²) in [7, 11) is -3.49. The third-order valence-corrected chi connectivity index (χ3v) is 4.68. The Morgan fingerprint density at radius 2 is 1.70 bits per heavy atom. The summed E-state index contributed by atoms with van der Waals surface area (Å²) in [5.41, 5.74) is 1.80. The molecule has 0 atom stereocenters. The van der Waals surface area contributed by atoms with Crippen molar-refractivity contribution in [3.8, 4) is 0 Å². The van der Waals surface area contributed by atoms with Crippen molar-refractivity contribution in [3.63, 3.8) is 0 Å². The molecule has 4 nitrogen and oxygen atoms in total. The van der Waals surface area contributed by atoms with Crippen LogP contribution in [0.2, 0.25) is 0 Å². The van der Waals surface area contributed by atoms with Crippen LogP contribution in [-0.2, 0) is 9.84 Å². The third kappa shape index (κ3) is 4.97. The topological polar surface area (TPSA) is 58.5 Å². The molecule has 2 aromatic carbocycles. The molecule has 0 heterocycles. The van der Waals surface area contributed by atoms with Crippen LogP contribution in [-0.4, -0.2) is 25.1 Å². The van der Waals surface area contributed by atoms with E-state index >= 15 is 0 Å². The van der Waals surface area contributed by atoms with Gasteiger partial charge in [-0.25, -0.2) is 8.42 Å². The molecule has 0 radical (unpaired) electrons. The third-order valence-electron chi connectivity index (χ3n) is 3.11. The van der Waals surface area contributed by atoms with Gasteiger partial charge in [0.05, 0.1) is 9.88 Å². The number of hydrogen-bond donors (Lipinski definition) is 1. The molecule has 2 rings (SSSR count). The number of hydrogen-bond acceptors (Lipinski definition) is 4. The lowest BCUT2D eigenvalue weighted by molar-refractivity contribution is 0.596. The molecule has 2 aromatic rings. The molecule has 120 valence electrons. The van der Waals surface area contributed by atoms with E-state index in [-0.39, 0.29) is 10.8 Å². The Labute approximate surface area is 142 Å². The Morgan fingerprint density at radius 3 is 2.26 bits per heavy atom. The first-order valence-electron chi connectivity index (χ1n) is 7.05. The lowest BCUT2D eigenvalue weighted by atomic mass is 10.2. The van der Waals surface area contributed by atoms with Gasteiger partial charge in [-0.1, -0.05) is 60.2 Å². The van der Waals surface area contributed by atoms with E-state index in [9.17, 15) is 8.42 Å². The van der Waals surface area contributed by atoms with Crippen LogP contribution in [0.15, 0.2) is 64.5 Å². The van der Waals surface area contributed by atoms with E-state index < -0.39 is 9.84 Å². The van der Waals surface area contributed by atoms with Gasteiger partial charge in [0.15, 0.2) is 9.84 Å². The summed E-state index contributed by atoms with van der Waals surface area (Å²) in [5, 5.41) is 2.95. The van der Waals surface area contributed by atoms with Crippen molar-refractivity contribution in [3.05, 3.63) is 65.7 Å². The van der Waals surface area contributed by atoms with E-state index in [2.05, 4.69) is 10.3 Å². The first-order chi connectivity index (χ1) is 10.9. The Hall–Kier alpha value is -2.05. The van der Waals surface area contributed by atoms with Crippen molar-refractivity contribution in [2.45, 2.75) is 18.7 Å². The van der Waals surface area contributed by atoms with E-state index in [1.807, 2.05) is 37.3 Å². The van der Waals surface area contributed by atoms with Gasteiger partial charge < -0.3 is 5.32 Å². The Bertz CT molecular complexity index is 811. The van der Waals surface area contributed by atoms with Gasteiger partial charge in [-0.2, -0.15) is 0 Å². The first kappa shape index (κ1) is 17.3. The zero-order chi connectivity index (χ0) is 16.9. The normalized spacial score (nSPS) is 12.0. The van der Waals surface area contributed by atoms with Crippen LogP contribution in [0.4, 0.5) is 0 Å². The number of thiocarbonyl (C=S) groups is 1. The average Bonchev–Trinajstić information content (AvgIpc) is 2.52. The minimum absolute atomic E-state index is 0.262. The van der Waals surface area contributed by atoms with Crippen LogP contribution < -0.4 is 5.32 Å². The highest BCUT2D eigenvalue weighted by atomic mass is 32.2. The fourth-order valence-electron chi connectivity index (χ4n) is 1.94. The number of amidine groups is 1. The Balaban J connectivity index is 2.29. The lowest BCUT2D eigenvalue weighted by Gasteiger charge is -2.09. The maximum Gasteiger partial charge on any atom is 0.198 e. The zero-order valence-electron chi connectivity index (χ0n) is 13.0. The van der Waals surface area contributed by atoms with Gasteiger partial charge in [0.25, 0.3) is 0 Å². The predicted molar refractivity (Wildman–Crippen MR) is 97.6 cm³/mol. The Morgan fingerprint density at radius 1 is 1.09 bits per heavy atom. The predicted octanol–water partition coefficient (Wildman–Crippen LogP) is 3.11. The number of sulfone groups is 1. The summed E-state index contributed by atoms with van der Waals surface area (Å²) < 4.78 is 24.8. The van der Waals surface area contributed by atoms with E-state index in [0.717, 1.165) is 11.1 Å². The summed E-state index contributed by atoms with van der Waals surface area (Å²) in [4.78, 5) is 5.03. The van der Waals surface area contributed by atoms with Crippen molar-refractivity contribution in [2.75, 3.05) is 5.88 Å². The highest BCUT2D eigenvalue weighted by Crippen LogP contribution is 2.13. The zero-order valence-corrected chi connectivity index (χ0v) is 14.6. The van der Waals surface area contributed by atoms with Gasteiger partial charge in [0.1, 0.15) is 11.7 Å². The molecule has 0 amide bonds. The van der Waals surface area contributed by atoms with Gasteiger partial charge in [0, 0.05) is 5.56 Å². The summed E-state index contributed by atoms with van der Waals surface area (Å²) in [5.74, 6) is 0.115. The summed E-state index contributed by atoms with van der Waals surface area (Å²) in [6, 6.07) is 16.0. The van der Waals surface area contributed by atoms with Gasteiger partial charge in [0.2, 0.25) is 0 Å². The van der Waals surface area contributed by atoms with E-state index in [1.165, 1.54) is 0 Å². The molecule has 0 aromatic heterocycles. The lowest BCUT2D eigenvalue weighted by Crippen LogP contribution is -2.28. The van der Waals surface area contributed by atoms with Crippen LogP contribution in [0.1, 0.15) is 18.1 Å². The van der Waals surface area contributed by atoms with Crippen molar-refractivity contribution in [2.24, 2.45) is 4.99 Å². The van der Waals surface area contributed by atoms with Crippen molar-refractivity contribution >= 4 is 32.9 Å². The number of aliphatic imine (C=N–C) groups is 1. The van der Waals surface area contributed by atoms with E-state index in [4.69, 9.17) is 12.2 Å². The highest BCUT2D eigenvalue weighted by Gasteiger charge is 2.14. The van der Waals surface area contributed by atoms with Gasteiger partial charge in [-0.15, -0.1) is 0 Å². The summed E-state index contributed by atoms with van der Waals surface area (Å²) in [6.07, 6.45) is 0. The Kier molecular flexibility index (Phi) is 5.63. The quantitative estimate of drug-likeness (QED) is 0.525. The van der Waals surface area contributed by atoms with Crippen LogP contribution >= 0.6 is 12.2 Å².